The lowest BCUT2D eigenvalue weighted by Gasteiger charge is -2.25. The maximum atomic E-state index is 10.8. The van der Waals surface area contributed by atoms with Crippen LogP contribution in [0.2, 0.25) is 0 Å². The van der Waals surface area contributed by atoms with Crippen molar-refractivity contribution in [2.75, 3.05) is 0 Å². The minimum Gasteiger partial charge on any atom is -0.263 e. The highest BCUT2D eigenvalue weighted by atomic mass is 33.1. The third-order valence-corrected chi connectivity index (χ3v) is 6.94. The van der Waals surface area contributed by atoms with Crippen LogP contribution in [-0.2, 0) is 14.0 Å². The summed E-state index contributed by atoms with van der Waals surface area (Å²) in [7, 11) is -3.98. The van der Waals surface area contributed by atoms with Crippen molar-refractivity contribution < 1.29 is 16.6 Å². The molecule has 0 bridgehead atoms. The summed E-state index contributed by atoms with van der Waals surface area (Å²) in [5, 5.41) is 1.82. The molecule has 1 rings (SSSR count). The first-order chi connectivity index (χ1) is 8.28. The van der Waals surface area contributed by atoms with Gasteiger partial charge in [0.05, 0.1) is 0 Å². The molecule has 0 aromatic heterocycles. The molecule has 0 saturated heterocycles. The van der Waals surface area contributed by atoms with Gasteiger partial charge in [-0.25, -0.2) is 0 Å². The molecule has 1 N–H and O–H groups in total. The first-order valence-electron chi connectivity index (χ1n) is 5.95. The predicted molar refractivity (Wildman–Crippen MR) is 84.4 cm³/mol. The van der Waals surface area contributed by atoms with E-state index in [2.05, 4.69) is 41.5 Å². The van der Waals surface area contributed by atoms with Crippen LogP contribution in [0.1, 0.15) is 48.0 Å². The maximum absolute atomic E-state index is 10.8. The van der Waals surface area contributed by atoms with Crippen LogP contribution in [-0.4, -0.2) is 18.3 Å². The van der Waals surface area contributed by atoms with Crippen LogP contribution in [0.3, 0.4) is 0 Å². The van der Waals surface area contributed by atoms with Crippen molar-refractivity contribution in [3.8, 4) is 0 Å². The van der Waals surface area contributed by atoms with Crippen molar-refractivity contribution in [1.82, 2.24) is 0 Å². The average molecular weight is 327 g/mol. The molecule has 0 fully saturated rings. The Balaban J connectivity index is 3.05. The third kappa shape index (κ3) is 5.99. The Morgan fingerprint density at radius 1 is 1.26 bits per heavy atom. The van der Waals surface area contributed by atoms with E-state index in [0.29, 0.717) is 0 Å². The fourth-order valence-electron chi connectivity index (χ4n) is 1.75. The van der Waals surface area contributed by atoms with E-state index in [9.17, 15) is 8.42 Å². The molecule has 0 spiro atoms. The first-order valence-corrected chi connectivity index (χ1v) is 9.86. The van der Waals surface area contributed by atoms with Crippen LogP contribution < -0.4 is 0 Å². The fraction of sp³-hybridized carbons (Fsp3) is 0.750. The zero-order chi connectivity index (χ0) is 15.1. The zero-order valence-electron chi connectivity index (χ0n) is 12.2. The summed E-state index contributed by atoms with van der Waals surface area (Å²) >= 11 is 0. The normalized spacial score (nSPS) is 21.7. The molecule has 0 aromatic carbocycles. The van der Waals surface area contributed by atoms with Crippen molar-refractivity contribution in [3.05, 3.63) is 10.5 Å². The molecule has 4 nitrogen and oxygen atoms in total. The van der Waals surface area contributed by atoms with Gasteiger partial charge in [0.25, 0.3) is 0 Å². The highest BCUT2D eigenvalue weighted by Gasteiger charge is 2.30. The molecule has 0 radical (unpaired) electrons. The van der Waals surface area contributed by atoms with E-state index >= 15 is 0 Å². The number of rotatable bonds is 3. The van der Waals surface area contributed by atoms with E-state index in [4.69, 9.17) is 8.18 Å². The highest BCUT2D eigenvalue weighted by Crippen LogP contribution is 2.54. The Morgan fingerprint density at radius 3 is 2.16 bits per heavy atom. The summed E-state index contributed by atoms with van der Waals surface area (Å²) in [5.74, 6) is 0. The first kappa shape index (κ1) is 17.2. The molecule has 1 heterocycles. The van der Waals surface area contributed by atoms with Crippen LogP contribution >= 0.6 is 20.6 Å². The van der Waals surface area contributed by atoms with Crippen LogP contribution in [0, 0.1) is 10.8 Å². The van der Waals surface area contributed by atoms with E-state index in [-0.39, 0.29) is 10.8 Å². The topological polar surface area (TPSA) is 63.6 Å². The Kier molecular flexibility index (Phi) is 5.01. The quantitative estimate of drug-likeness (QED) is 0.478. The summed E-state index contributed by atoms with van der Waals surface area (Å²) in [6, 6.07) is 0. The molecule has 1 aliphatic heterocycles. The van der Waals surface area contributed by atoms with Crippen LogP contribution in [0.25, 0.3) is 0 Å². The van der Waals surface area contributed by atoms with E-state index < -0.39 is 20.2 Å². The smallest absolute Gasteiger partial charge is 0.263 e. The Hall–Kier alpha value is 0.180. The molecular weight excluding hydrogens is 304 g/mol. The van der Waals surface area contributed by atoms with Gasteiger partial charge in [-0.2, -0.15) is 12.0 Å². The predicted octanol–water partition coefficient (Wildman–Crippen LogP) is 4.19. The number of allylic oxidation sites excluding steroid dienone is 2. The summed E-state index contributed by atoms with van der Waals surface area (Å²) < 4.78 is 35.1. The number of hydrogen-bond donors (Lipinski definition) is 1. The lowest BCUT2D eigenvalue weighted by atomic mass is 9.84. The van der Waals surface area contributed by atoms with Crippen molar-refractivity contribution in [3.63, 3.8) is 0 Å². The van der Waals surface area contributed by atoms with Gasteiger partial charge in [-0.05, 0) is 33.6 Å². The monoisotopic (exact) mass is 326 g/mol. The second-order valence-corrected chi connectivity index (χ2v) is 11.0. The number of hydrogen-bond acceptors (Lipinski definition) is 4. The SMILES string of the molecule is CC(C)(C)CC1=C(C(C)(C)C)SS(OS(=O)(=O)O)=C1. The van der Waals surface area contributed by atoms with E-state index in [1.165, 1.54) is 10.8 Å². The van der Waals surface area contributed by atoms with E-state index in [0.717, 1.165) is 16.9 Å². The molecule has 0 saturated carbocycles. The van der Waals surface area contributed by atoms with Gasteiger partial charge in [-0.1, -0.05) is 41.5 Å². The van der Waals surface area contributed by atoms with Crippen molar-refractivity contribution in [1.29, 1.82) is 0 Å². The maximum Gasteiger partial charge on any atom is 0.408 e. The van der Waals surface area contributed by atoms with Crippen molar-refractivity contribution >= 4 is 36.4 Å². The lowest BCUT2D eigenvalue weighted by Crippen LogP contribution is -2.12. The Bertz CT molecular complexity index is 516. The average Bonchev–Trinajstić information content (AvgIpc) is 2.39. The molecule has 7 heteroatoms. The lowest BCUT2D eigenvalue weighted by molar-refractivity contribution is 0.409. The van der Waals surface area contributed by atoms with Gasteiger partial charge in [-0.15, -0.1) is 0 Å². The molecule has 0 amide bonds. The molecule has 19 heavy (non-hydrogen) atoms. The molecule has 1 aliphatic rings. The van der Waals surface area contributed by atoms with Crippen LogP contribution in [0.15, 0.2) is 10.5 Å². The Labute approximate surface area is 122 Å². The minimum atomic E-state index is -4.41. The molecule has 0 aromatic rings. The standard InChI is InChI=1S/C12H22O4S3/c1-11(2,3)7-9-8-18(16-19(13,14)15)17-10(9)12(4,5)6/h8H,7H2,1-6H3,(H,13,14,15). The van der Waals surface area contributed by atoms with Crippen molar-refractivity contribution in [2.24, 2.45) is 10.8 Å². The third-order valence-electron chi connectivity index (χ3n) is 2.25. The van der Waals surface area contributed by atoms with Gasteiger partial charge in [0.15, 0.2) is 0 Å². The summed E-state index contributed by atoms with van der Waals surface area (Å²) in [4.78, 5) is 1.13. The van der Waals surface area contributed by atoms with Gasteiger partial charge in [0.2, 0.25) is 0 Å². The molecule has 1 unspecified atom stereocenters. The highest BCUT2D eigenvalue weighted by molar-refractivity contribution is 8.84. The fourth-order valence-corrected chi connectivity index (χ4v) is 6.84. The molecule has 1 atom stereocenters. The van der Waals surface area contributed by atoms with Gasteiger partial charge in [-0.3, -0.25) is 4.55 Å². The molecule has 0 aliphatic carbocycles. The summed E-state index contributed by atoms with van der Waals surface area (Å²) in [6.07, 6.45) is 0.852. The zero-order valence-corrected chi connectivity index (χ0v) is 14.6. The molecular formula is C12H22O4S3. The van der Waals surface area contributed by atoms with E-state index in [1.807, 2.05) is 5.37 Å². The van der Waals surface area contributed by atoms with E-state index in [1.54, 1.807) is 0 Å². The van der Waals surface area contributed by atoms with Gasteiger partial charge >= 0.3 is 10.4 Å². The van der Waals surface area contributed by atoms with Crippen LogP contribution in [0.5, 0.6) is 0 Å². The largest absolute Gasteiger partial charge is 0.408 e. The second-order valence-electron chi connectivity index (χ2n) is 6.80. The minimum absolute atomic E-state index is 0.0634. The second kappa shape index (κ2) is 5.52. The Morgan fingerprint density at radius 2 is 1.79 bits per heavy atom. The summed E-state index contributed by atoms with van der Waals surface area (Å²) in [6.45, 7) is 12.7. The van der Waals surface area contributed by atoms with Gasteiger partial charge in [0.1, 0.15) is 0 Å². The van der Waals surface area contributed by atoms with Gasteiger partial charge < -0.3 is 0 Å². The van der Waals surface area contributed by atoms with Crippen molar-refractivity contribution in [2.45, 2.75) is 48.0 Å². The summed E-state index contributed by atoms with van der Waals surface area (Å²) in [5.41, 5.74) is 1.17. The van der Waals surface area contributed by atoms with Crippen LogP contribution in [0.4, 0.5) is 0 Å². The van der Waals surface area contributed by atoms with Gasteiger partial charge in [0, 0.05) is 20.1 Å². The molecule has 112 valence electrons.